The van der Waals surface area contributed by atoms with E-state index in [2.05, 4.69) is 15.9 Å². The molecule has 0 saturated heterocycles. The van der Waals surface area contributed by atoms with Crippen LogP contribution in [0.2, 0.25) is 0 Å². The Morgan fingerprint density at radius 3 is 2.45 bits per heavy atom. The second kappa shape index (κ2) is 5.93. The second-order valence-electron chi connectivity index (χ2n) is 5.29. The Morgan fingerprint density at radius 2 is 1.90 bits per heavy atom. The summed E-state index contributed by atoms with van der Waals surface area (Å²) >= 11 is 3.24. The molecule has 2 atom stereocenters. The van der Waals surface area contributed by atoms with Crippen LogP contribution in [0.25, 0.3) is 0 Å². The summed E-state index contributed by atoms with van der Waals surface area (Å²) in [4.78, 5) is 1.99. The number of nitrogens with two attached hydrogens (primary N) is 1. The Hall–Kier alpha value is -0.750. The first kappa shape index (κ1) is 15.6. The minimum Gasteiger partial charge on any atom is -0.369 e. The second-order valence-corrected chi connectivity index (χ2v) is 6.14. The van der Waals surface area contributed by atoms with Gasteiger partial charge in [0, 0.05) is 23.6 Å². The molecular formula is C14H18BrF3N2. The molecule has 1 saturated carbocycles. The fourth-order valence-electron chi connectivity index (χ4n) is 2.77. The van der Waals surface area contributed by atoms with E-state index >= 15 is 0 Å². The molecule has 0 aliphatic heterocycles. The highest BCUT2D eigenvalue weighted by Crippen LogP contribution is 2.36. The third kappa shape index (κ3) is 3.28. The summed E-state index contributed by atoms with van der Waals surface area (Å²) in [5.74, 6) is 0. The third-order valence-electron chi connectivity index (χ3n) is 3.93. The molecule has 6 heteroatoms. The summed E-state index contributed by atoms with van der Waals surface area (Å²) in [7, 11) is 1.89. The number of likely N-dealkylation sites (N-methyl/N-ethyl adjacent to an activating group) is 1. The molecule has 0 radical (unpaired) electrons. The molecule has 1 aromatic carbocycles. The van der Waals surface area contributed by atoms with Gasteiger partial charge in [0.1, 0.15) is 0 Å². The van der Waals surface area contributed by atoms with E-state index in [-0.39, 0.29) is 12.1 Å². The van der Waals surface area contributed by atoms with Crippen molar-refractivity contribution in [2.45, 2.75) is 43.9 Å². The average molecular weight is 351 g/mol. The zero-order valence-electron chi connectivity index (χ0n) is 11.3. The Morgan fingerprint density at radius 1 is 1.25 bits per heavy atom. The Balaban J connectivity index is 2.24. The van der Waals surface area contributed by atoms with Crippen molar-refractivity contribution in [3.05, 3.63) is 28.2 Å². The first-order valence-corrected chi connectivity index (χ1v) is 7.45. The van der Waals surface area contributed by atoms with Crippen LogP contribution in [0.3, 0.4) is 0 Å². The van der Waals surface area contributed by atoms with Crippen LogP contribution >= 0.6 is 15.9 Å². The first-order chi connectivity index (χ1) is 9.30. The molecule has 1 aliphatic rings. The molecule has 2 N–H and O–H groups in total. The Kier molecular flexibility index (Phi) is 4.64. The monoisotopic (exact) mass is 350 g/mol. The lowest BCUT2D eigenvalue weighted by atomic mass is 9.90. The van der Waals surface area contributed by atoms with Crippen LogP contribution < -0.4 is 10.6 Å². The normalized spacial score (nSPS) is 23.7. The Bertz CT molecular complexity index is 476. The fourth-order valence-corrected chi connectivity index (χ4v) is 3.43. The topological polar surface area (TPSA) is 29.3 Å². The number of rotatable bonds is 2. The molecule has 0 aromatic heterocycles. The predicted molar refractivity (Wildman–Crippen MR) is 77.8 cm³/mol. The van der Waals surface area contributed by atoms with E-state index in [1.165, 1.54) is 6.07 Å². The van der Waals surface area contributed by atoms with Crippen LogP contribution in [0.5, 0.6) is 0 Å². The van der Waals surface area contributed by atoms with Gasteiger partial charge in [0.2, 0.25) is 0 Å². The van der Waals surface area contributed by atoms with E-state index in [1.807, 2.05) is 11.9 Å². The molecule has 2 unspecified atom stereocenters. The average Bonchev–Trinajstić information content (AvgIpc) is 2.37. The highest BCUT2D eigenvalue weighted by atomic mass is 79.9. The van der Waals surface area contributed by atoms with Crippen LogP contribution in [0.15, 0.2) is 22.7 Å². The lowest BCUT2D eigenvalue weighted by Crippen LogP contribution is -2.48. The molecule has 2 nitrogen and oxygen atoms in total. The van der Waals surface area contributed by atoms with Gasteiger partial charge >= 0.3 is 6.18 Å². The minimum atomic E-state index is -4.32. The lowest BCUT2D eigenvalue weighted by Gasteiger charge is -2.38. The molecule has 1 aromatic rings. The van der Waals surface area contributed by atoms with Crippen molar-refractivity contribution in [2.24, 2.45) is 5.73 Å². The van der Waals surface area contributed by atoms with Crippen LogP contribution in [0, 0.1) is 0 Å². The van der Waals surface area contributed by atoms with Gasteiger partial charge in [0.05, 0.1) is 11.3 Å². The number of hydrogen-bond acceptors (Lipinski definition) is 2. The quantitative estimate of drug-likeness (QED) is 0.866. The maximum absolute atomic E-state index is 12.7. The number of alkyl halides is 3. The lowest BCUT2D eigenvalue weighted by molar-refractivity contribution is -0.137. The van der Waals surface area contributed by atoms with Gasteiger partial charge in [0.25, 0.3) is 0 Å². The van der Waals surface area contributed by atoms with Crippen LogP contribution in [-0.2, 0) is 6.18 Å². The summed E-state index contributed by atoms with van der Waals surface area (Å²) < 4.78 is 38.4. The van der Waals surface area contributed by atoms with E-state index < -0.39 is 11.7 Å². The molecule has 112 valence electrons. The highest BCUT2D eigenvalue weighted by molar-refractivity contribution is 9.10. The van der Waals surface area contributed by atoms with Gasteiger partial charge in [-0.15, -0.1) is 0 Å². The van der Waals surface area contributed by atoms with Crippen molar-refractivity contribution in [3.63, 3.8) is 0 Å². The molecule has 0 spiro atoms. The van der Waals surface area contributed by atoms with Crippen LogP contribution in [0.4, 0.5) is 18.9 Å². The smallest absolute Gasteiger partial charge is 0.369 e. The Labute approximate surface area is 125 Å². The number of hydrogen-bond donors (Lipinski definition) is 1. The molecule has 0 bridgehead atoms. The van der Waals surface area contributed by atoms with E-state index in [4.69, 9.17) is 5.73 Å². The number of halogens is 4. The molecule has 0 heterocycles. The first-order valence-electron chi connectivity index (χ1n) is 6.66. The minimum absolute atomic E-state index is 0.0722. The molecule has 1 aliphatic carbocycles. The van der Waals surface area contributed by atoms with E-state index in [0.29, 0.717) is 4.47 Å². The standard InChI is InChI=1S/C14H18BrF3N2/c1-20(13-5-3-2-4-11(13)19)12-7-6-9(8-10(12)15)14(16,17)18/h6-8,11,13H,2-5,19H2,1H3. The van der Waals surface area contributed by atoms with Gasteiger partial charge < -0.3 is 10.6 Å². The maximum atomic E-state index is 12.7. The van der Waals surface area contributed by atoms with Gasteiger partial charge in [-0.2, -0.15) is 13.2 Å². The molecule has 20 heavy (non-hydrogen) atoms. The largest absolute Gasteiger partial charge is 0.416 e. The molecular weight excluding hydrogens is 333 g/mol. The van der Waals surface area contributed by atoms with Gasteiger partial charge in [-0.3, -0.25) is 0 Å². The van der Waals surface area contributed by atoms with Crippen LogP contribution in [-0.4, -0.2) is 19.1 Å². The van der Waals surface area contributed by atoms with Gasteiger partial charge in [-0.05, 0) is 47.0 Å². The number of benzene rings is 1. The van der Waals surface area contributed by atoms with Crippen LogP contribution in [0.1, 0.15) is 31.2 Å². The van der Waals surface area contributed by atoms with Crippen molar-refractivity contribution < 1.29 is 13.2 Å². The zero-order chi connectivity index (χ0) is 14.9. The summed E-state index contributed by atoms with van der Waals surface area (Å²) in [6, 6.07) is 4.00. The van der Waals surface area contributed by atoms with E-state index in [9.17, 15) is 13.2 Å². The van der Waals surface area contributed by atoms with Crippen molar-refractivity contribution in [1.82, 2.24) is 0 Å². The molecule has 2 rings (SSSR count). The van der Waals surface area contributed by atoms with Crippen molar-refractivity contribution in [1.29, 1.82) is 0 Å². The van der Waals surface area contributed by atoms with Gasteiger partial charge in [0.15, 0.2) is 0 Å². The molecule has 1 fully saturated rings. The summed E-state index contributed by atoms with van der Waals surface area (Å²) in [6.45, 7) is 0. The number of anilines is 1. The molecule has 0 amide bonds. The fraction of sp³-hybridized carbons (Fsp3) is 0.571. The van der Waals surface area contributed by atoms with Gasteiger partial charge in [-0.1, -0.05) is 12.8 Å². The predicted octanol–water partition coefficient (Wildman–Crippen LogP) is 4.17. The SMILES string of the molecule is CN(c1ccc(C(F)(F)F)cc1Br)C1CCCCC1N. The van der Waals surface area contributed by atoms with E-state index in [1.54, 1.807) is 0 Å². The number of nitrogens with zero attached hydrogens (tertiary/aromatic N) is 1. The zero-order valence-corrected chi connectivity index (χ0v) is 12.8. The van der Waals surface area contributed by atoms with Crippen molar-refractivity contribution in [3.8, 4) is 0 Å². The third-order valence-corrected chi connectivity index (χ3v) is 4.57. The highest BCUT2D eigenvalue weighted by Gasteiger charge is 2.32. The van der Waals surface area contributed by atoms with Gasteiger partial charge in [-0.25, -0.2) is 0 Å². The summed E-state index contributed by atoms with van der Waals surface area (Å²) in [6.07, 6.45) is -0.139. The summed E-state index contributed by atoms with van der Waals surface area (Å²) in [5.41, 5.74) is 6.24. The van der Waals surface area contributed by atoms with Crippen molar-refractivity contribution >= 4 is 21.6 Å². The summed E-state index contributed by atoms with van der Waals surface area (Å²) in [5, 5.41) is 0. The maximum Gasteiger partial charge on any atom is 0.416 e. The van der Waals surface area contributed by atoms with E-state index in [0.717, 1.165) is 43.5 Å². The van der Waals surface area contributed by atoms with Crippen molar-refractivity contribution in [2.75, 3.05) is 11.9 Å².